The Morgan fingerprint density at radius 3 is 2.70 bits per heavy atom. The lowest BCUT2D eigenvalue weighted by molar-refractivity contribution is 0.399. The molecular formula is C17H17F2N. The fraction of sp³-hybridized carbons (Fsp3) is 0.294. The summed E-state index contributed by atoms with van der Waals surface area (Å²) in [4.78, 5) is 0. The molecule has 1 nitrogen and oxygen atoms in total. The summed E-state index contributed by atoms with van der Waals surface area (Å²) in [6, 6.07) is 12.9. The van der Waals surface area contributed by atoms with Crippen molar-refractivity contribution < 1.29 is 8.78 Å². The summed E-state index contributed by atoms with van der Waals surface area (Å²) in [5.74, 6) is -1.22. The van der Waals surface area contributed by atoms with Gasteiger partial charge in [0.1, 0.15) is 0 Å². The summed E-state index contributed by atoms with van der Waals surface area (Å²) in [5, 5.41) is 3.31. The third-order valence-corrected chi connectivity index (χ3v) is 4.17. The van der Waals surface area contributed by atoms with Crippen molar-refractivity contribution in [2.24, 2.45) is 5.92 Å². The van der Waals surface area contributed by atoms with Gasteiger partial charge in [0.15, 0.2) is 11.6 Å². The van der Waals surface area contributed by atoms with Crippen molar-refractivity contribution in [3.63, 3.8) is 0 Å². The van der Waals surface area contributed by atoms with Crippen LogP contribution in [0.2, 0.25) is 0 Å². The Hall–Kier alpha value is -1.74. The minimum absolute atomic E-state index is 0.203. The first kappa shape index (κ1) is 13.3. The molecule has 104 valence electrons. The molecule has 1 aliphatic rings. The molecule has 0 fully saturated rings. The highest BCUT2D eigenvalue weighted by Gasteiger charge is 2.31. The molecule has 0 saturated heterocycles. The van der Waals surface area contributed by atoms with E-state index in [1.165, 1.54) is 11.1 Å². The topological polar surface area (TPSA) is 12.0 Å². The van der Waals surface area contributed by atoms with Gasteiger partial charge >= 0.3 is 0 Å². The number of rotatable bonds is 3. The lowest BCUT2D eigenvalue weighted by atomic mass is 9.92. The van der Waals surface area contributed by atoms with Crippen molar-refractivity contribution in [2.75, 3.05) is 7.05 Å². The summed E-state index contributed by atoms with van der Waals surface area (Å²) in [5.41, 5.74) is 3.04. The lowest BCUT2D eigenvalue weighted by Crippen LogP contribution is -2.23. The quantitative estimate of drug-likeness (QED) is 0.900. The second kappa shape index (κ2) is 5.33. The molecule has 0 aromatic heterocycles. The molecule has 20 heavy (non-hydrogen) atoms. The van der Waals surface area contributed by atoms with Gasteiger partial charge in [-0.15, -0.1) is 0 Å². The number of hydrogen-bond donors (Lipinski definition) is 1. The summed E-state index contributed by atoms with van der Waals surface area (Å²) in [6.07, 6.45) is 1.45. The van der Waals surface area contributed by atoms with Crippen molar-refractivity contribution in [3.8, 4) is 0 Å². The second-order valence-electron chi connectivity index (χ2n) is 5.35. The van der Waals surface area contributed by atoms with Crippen LogP contribution in [-0.4, -0.2) is 7.05 Å². The van der Waals surface area contributed by atoms with Crippen molar-refractivity contribution in [3.05, 3.63) is 70.8 Å². The molecular weight excluding hydrogens is 256 g/mol. The van der Waals surface area contributed by atoms with Crippen molar-refractivity contribution in [1.29, 1.82) is 0 Å². The molecule has 0 saturated carbocycles. The van der Waals surface area contributed by atoms with E-state index in [2.05, 4.69) is 17.4 Å². The van der Waals surface area contributed by atoms with E-state index in [0.29, 0.717) is 12.0 Å². The zero-order valence-electron chi connectivity index (χ0n) is 11.4. The van der Waals surface area contributed by atoms with Gasteiger partial charge in [-0.25, -0.2) is 8.78 Å². The first-order valence-corrected chi connectivity index (χ1v) is 6.88. The Morgan fingerprint density at radius 2 is 1.90 bits per heavy atom. The summed E-state index contributed by atoms with van der Waals surface area (Å²) < 4.78 is 27.1. The minimum Gasteiger partial charge on any atom is -0.313 e. The molecule has 0 aliphatic heterocycles. The molecule has 0 bridgehead atoms. The predicted molar refractivity (Wildman–Crippen MR) is 75.5 cm³/mol. The average Bonchev–Trinajstić information content (AvgIpc) is 2.81. The van der Waals surface area contributed by atoms with Gasteiger partial charge in [0.25, 0.3) is 0 Å². The maximum absolute atomic E-state index is 13.8. The molecule has 0 heterocycles. The van der Waals surface area contributed by atoms with Crippen molar-refractivity contribution >= 4 is 0 Å². The van der Waals surface area contributed by atoms with Crippen LogP contribution in [0.5, 0.6) is 0 Å². The summed E-state index contributed by atoms with van der Waals surface area (Å²) >= 11 is 0. The number of hydrogen-bond acceptors (Lipinski definition) is 1. The van der Waals surface area contributed by atoms with Gasteiger partial charge in [0.2, 0.25) is 0 Å². The molecule has 2 aromatic carbocycles. The van der Waals surface area contributed by atoms with E-state index in [-0.39, 0.29) is 12.0 Å². The van der Waals surface area contributed by atoms with Gasteiger partial charge < -0.3 is 5.32 Å². The van der Waals surface area contributed by atoms with Crippen LogP contribution in [0.15, 0.2) is 42.5 Å². The highest BCUT2D eigenvalue weighted by Crippen LogP contribution is 2.38. The summed E-state index contributed by atoms with van der Waals surface area (Å²) in [6.45, 7) is 0. The molecule has 2 aromatic rings. The Bertz CT molecular complexity index is 624. The maximum Gasteiger partial charge on any atom is 0.162 e. The average molecular weight is 273 g/mol. The zero-order chi connectivity index (χ0) is 14.1. The van der Waals surface area contributed by atoms with Crippen LogP contribution < -0.4 is 5.32 Å². The number of halogens is 2. The van der Waals surface area contributed by atoms with Crippen LogP contribution in [0, 0.1) is 17.6 Å². The van der Waals surface area contributed by atoms with Gasteiger partial charge in [0, 0.05) is 6.04 Å². The van der Waals surface area contributed by atoms with Crippen molar-refractivity contribution in [1.82, 2.24) is 5.32 Å². The monoisotopic (exact) mass is 273 g/mol. The number of fused-ring (bicyclic) bond motifs is 1. The summed E-state index contributed by atoms with van der Waals surface area (Å²) in [7, 11) is 1.92. The fourth-order valence-electron chi connectivity index (χ4n) is 3.25. The van der Waals surface area contributed by atoms with E-state index in [9.17, 15) is 8.78 Å². The van der Waals surface area contributed by atoms with E-state index in [1.54, 1.807) is 12.1 Å². The Labute approximate surface area is 117 Å². The van der Waals surface area contributed by atoms with E-state index in [1.807, 2.05) is 19.2 Å². The van der Waals surface area contributed by atoms with Crippen LogP contribution in [-0.2, 0) is 12.8 Å². The van der Waals surface area contributed by atoms with Crippen LogP contribution in [0.3, 0.4) is 0 Å². The predicted octanol–water partition coefficient (Wildman–Crippen LogP) is 3.64. The molecule has 1 aliphatic carbocycles. The number of benzene rings is 2. The third kappa shape index (κ3) is 2.22. The van der Waals surface area contributed by atoms with Crippen molar-refractivity contribution in [2.45, 2.75) is 18.9 Å². The first-order chi connectivity index (χ1) is 9.70. The van der Waals surface area contributed by atoms with Gasteiger partial charge in [0.05, 0.1) is 0 Å². The van der Waals surface area contributed by atoms with Gasteiger partial charge in [-0.1, -0.05) is 36.4 Å². The molecule has 0 amide bonds. The van der Waals surface area contributed by atoms with E-state index in [0.717, 1.165) is 12.5 Å². The number of nitrogens with one attached hydrogen (secondary N) is 1. The third-order valence-electron chi connectivity index (χ3n) is 4.17. The van der Waals surface area contributed by atoms with Gasteiger partial charge in [-0.2, -0.15) is 0 Å². The lowest BCUT2D eigenvalue weighted by Gasteiger charge is -2.20. The largest absolute Gasteiger partial charge is 0.313 e. The molecule has 0 spiro atoms. The van der Waals surface area contributed by atoms with Crippen LogP contribution >= 0.6 is 0 Å². The van der Waals surface area contributed by atoms with E-state index >= 15 is 0 Å². The normalized spacial score (nSPS) is 20.9. The molecule has 1 N–H and O–H groups in total. The van der Waals surface area contributed by atoms with E-state index in [4.69, 9.17) is 0 Å². The second-order valence-corrected chi connectivity index (χ2v) is 5.35. The SMILES string of the molecule is CNC1c2ccccc2CC1Cc1cccc(F)c1F. The Morgan fingerprint density at radius 1 is 1.10 bits per heavy atom. The zero-order valence-corrected chi connectivity index (χ0v) is 11.4. The Kier molecular flexibility index (Phi) is 3.53. The van der Waals surface area contributed by atoms with Crippen LogP contribution in [0.25, 0.3) is 0 Å². The highest BCUT2D eigenvalue weighted by atomic mass is 19.2. The smallest absolute Gasteiger partial charge is 0.162 e. The minimum atomic E-state index is -0.765. The fourth-order valence-corrected chi connectivity index (χ4v) is 3.25. The first-order valence-electron chi connectivity index (χ1n) is 6.88. The molecule has 0 radical (unpaired) electrons. The molecule has 2 unspecified atom stereocenters. The maximum atomic E-state index is 13.8. The molecule has 3 rings (SSSR count). The Balaban J connectivity index is 1.87. The van der Waals surface area contributed by atoms with Crippen LogP contribution in [0.4, 0.5) is 8.78 Å². The van der Waals surface area contributed by atoms with E-state index < -0.39 is 11.6 Å². The molecule has 2 atom stereocenters. The highest BCUT2D eigenvalue weighted by molar-refractivity contribution is 5.36. The van der Waals surface area contributed by atoms with Crippen LogP contribution in [0.1, 0.15) is 22.7 Å². The van der Waals surface area contributed by atoms with Gasteiger partial charge in [-0.3, -0.25) is 0 Å². The molecule has 3 heteroatoms. The van der Waals surface area contributed by atoms with Gasteiger partial charge in [-0.05, 0) is 48.6 Å². The standard InChI is InChI=1S/C17H17F2N/c1-20-17-13(9-11-5-2-3-7-14(11)17)10-12-6-4-8-15(18)16(12)19/h2-8,13,17,20H,9-10H2,1H3.